The van der Waals surface area contributed by atoms with Gasteiger partial charge in [0.05, 0.1) is 12.4 Å². The van der Waals surface area contributed by atoms with Gasteiger partial charge in [0.25, 0.3) is 5.95 Å². The number of nitrogens with two attached hydrogens (primary N) is 1. The largest absolute Gasteiger partial charge is 0.463 e. The summed E-state index contributed by atoms with van der Waals surface area (Å²) in [4.78, 5) is 54.2. The molecule has 2 aromatic heterocycles. The molecule has 0 radical (unpaired) electrons. The van der Waals surface area contributed by atoms with Crippen molar-refractivity contribution in [1.29, 1.82) is 0 Å². The number of hydrogen-bond acceptors (Lipinski definition) is 13. The minimum Gasteiger partial charge on any atom is -0.463 e. The molecule has 6 atom stereocenters. The molecule has 2 unspecified atom stereocenters. The smallest absolute Gasteiger partial charge is 0.303 e. The number of carbonyl (C=O) groups is 3. The Morgan fingerprint density at radius 1 is 1.09 bits per heavy atom. The highest BCUT2D eigenvalue weighted by Gasteiger charge is 2.51. The van der Waals surface area contributed by atoms with Crippen LogP contribution in [-0.4, -0.2) is 74.5 Å². The van der Waals surface area contributed by atoms with Crippen molar-refractivity contribution < 1.29 is 38.2 Å². The molecule has 186 valence electrons. The minimum atomic E-state index is -1.09. The molecular weight excluding hydrogens is 464 g/mol. The van der Waals surface area contributed by atoms with E-state index in [1.54, 1.807) is 5.06 Å². The van der Waals surface area contributed by atoms with Crippen LogP contribution in [-0.2, 0) is 38.2 Å². The molecule has 5 rings (SSSR count). The summed E-state index contributed by atoms with van der Waals surface area (Å²) in [6.07, 6.45) is 2.04. The molecule has 2 aromatic rings. The van der Waals surface area contributed by atoms with E-state index >= 15 is 0 Å². The number of nitrogen functional groups attached to an aromatic ring is 1. The second-order valence-corrected chi connectivity index (χ2v) is 8.41. The number of nitrogens with zero attached hydrogens (tertiary/aromatic N) is 5. The van der Waals surface area contributed by atoms with E-state index in [4.69, 9.17) is 29.5 Å². The van der Waals surface area contributed by atoms with Crippen LogP contribution >= 0.6 is 0 Å². The lowest BCUT2D eigenvalue weighted by molar-refractivity contribution is -0.166. The number of imidazole rings is 1. The van der Waals surface area contributed by atoms with E-state index in [0.29, 0.717) is 11.2 Å². The van der Waals surface area contributed by atoms with Gasteiger partial charge in [0.1, 0.15) is 24.3 Å². The zero-order valence-electron chi connectivity index (χ0n) is 19.2. The number of aromatic nitrogens is 4. The Morgan fingerprint density at radius 3 is 2.46 bits per heavy atom. The van der Waals surface area contributed by atoms with Gasteiger partial charge in [-0.1, -0.05) is 12.2 Å². The molecule has 1 aliphatic carbocycles. The molecule has 2 bridgehead atoms. The summed E-state index contributed by atoms with van der Waals surface area (Å²) >= 11 is 0. The van der Waals surface area contributed by atoms with Gasteiger partial charge < -0.3 is 24.7 Å². The van der Waals surface area contributed by atoms with Gasteiger partial charge in [0.2, 0.25) is 0 Å². The standard InChI is InChI=1S/C21H24N6O8/c1-9(28)31-7-14-16(32-10(2)29)17(33-11(3)30)20(34-14)26-8-23-15-18(22)24-21(25-19(15)26)27-12-4-5-13(6-12)35-27/h4-5,8,12-14,16-17,20H,6-7H2,1-3H3,(H2,22,24,25)/t12?,13?,14-,16-,17-,20-/m1/s1. The first-order valence-corrected chi connectivity index (χ1v) is 11.0. The van der Waals surface area contributed by atoms with Crippen molar-refractivity contribution >= 4 is 40.8 Å². The molecule has 2 N–H and O–H groups in total. The maximum Gasteiger partial charge on any atom is 0.303 e. The minimum absolute atomic E-state index is 0.0220. The molecule has 2 saturated heterocycles. The molecule has 0 saturated carbocycles. The third-order valence-corrected chi connectivity index (χ3v) is 5.82. The highest BCUT2D eigenvalue weighted by molar-refractivity contribution is 5.83. The second-order valence-electron chi connectivity index (χ2n) is 8.41. The van der Waals surface area contributed by atoms with Gasteiger partial charge in [-0.3, -0.25) is 23.8 Å². The number of carbonyl (C=O) groups excluding carboxylic acids is 3. The second kappa shape index (κ2) is 8.78. The molecular formula is C21H24N6O8. The van der Waals surface area contributed by atoms with Crippen LogP contribution in [0.25, 0.3) is 11.2 Å². The van der Waals surface area contributed by atoms with Crippen molar-refractivity contribution in [3.63, 3.8) is 0 Å². The van der Waals surface area contributed by atoms with Crippen molar-refractivity contribution in [2.75, 3.05) is 17.4 Å². The highest BCUT2D eigenvalue weighted by atomic mass is 16.7. The van der Waals surface area contributed by atoms with Crippen molar-refractivity contribution in [1.82, 2.24) is 19.5 Å². The maximum absolute atomic E-state index is 11.9. The van der Waals surface area contributed by atoms with Crippen LogP contribution in [0.5, 0.6) is 0 Å². The zero-order chi connectivity index (χ0) is 24.9. The first kappa shape index (κ1) is 23.0. The Kier molecular flexibility index (Phi) is 5.76. The van der Waals surface area contributed by atoms with E-state index < -0.39 is 42.4 Å². The first-order chi connectivity index (χ1) is 16.7. The summed E-state index contributed by atoms with van der Waals surface area (Å²) in [5.74, 6) is -1.43. The van der Waals surface area contributed by atoms with Gasteiger partial charge in [-0.15, -0.1) is 0 Å². The average molecular weight is 488 g/mol. The predicted octanol–water partition coefficient (Wildman–Crippen LogP) is 0.181. The molecule has 35 heavy (non-hydrogen) atoms. The molecule has 4 heterocycles. The van der Waals surface area contributed by atoms with Crippen LogP contribution in [0.1, 0.15) is 33.4 Å². The summed E-state index contributed by atoms with van der Waals surface area (Å²) in [5.41, 5.74) is 6.76. The molecule has 0 spiro atoms. The number of anilines is 2. The van der Waals surface area contributed by atoms with E-state index in [9.17, 15) is 14.4 Å². The van der Waals surface area contributed by atoms with Crippen molar-refractivity contribution in [3.8, 4) is 0 Å². The Morgan fingerprint density at radius 2 is 1.83 bits per heavy atom. The topological polar surface area (TPSA) is 170 Å². The van der Waals surface area contributed by atoms with E-state index in [1.165, 1.54) is 31.7 Å². The van der Waals surface area contributed by atoms with Crippen LogP contribution in [0, 0.1) is 0 Å². The van der Waals surface area contributed by atoms with Crippen LogP contribution in [0.2, 0.25) is 0 Å². The van der Waals surface area contributed by atoms with Gasteiger partial charge in [-0.2, -0.15) is 9.97 Å². The van der Waals surface area contributed by atoms with Crippen LogP contribution in [0.3, 0.4) is 0 Å². The van der Waals surface area contributed by atoms with E-state index in [1.807, 2.05) is 12.2 Å². The third-order valence-electron chi connectivity index (χ3n) is 5.82. The van der Waals surface area contributed by atoms with Crippen molar-refractivity contribution in [2.45, 2.75) is 63.9 Å². The fourth-order valence-electron chi connectivity index (χ4n) is 4.45. The summed E-state index contributed by atoms with van der Waals surface area (Å²) in [6, 6.07) is -0.0220. The lowest BCUT2D eigenvalue weighted by atomic mass is 10.1. The average Bonchev–Trinajstić information content (AvgIpc) is 3.56. The van der Waals surface area contributed by atoms with Gasteiger partial charge in [-0.05, 0) is 0 Å². The fraction of sp³-hybridized carbons (Fsp3) is 0.524. The SMILES string of the molecule is CC(=O)OC[C@H]1O[C@@H](n2cnc3c(N)nc(N4OC5C=CC4C5)nc32)[C@H](OC(C)=O)[C@@H]1OC(C)=O. The predicted molar refractivity (Wildman–Crippen MR) is 116 cm³/mol. The summed E-state index contributed by atoms with van der Waals surface area (Å²) in [7, 11) is 0. The van der Waals surface area contributed by atoms with Crippen molar-refractivity contribution in [3.05, 3.63) is 18.5 Å². The van der Waals surface area contributed by atoms with E-state index in [2.05, 4.69) is 15.0 Å². The molecule has 14 nitrogen and oxygen atoms in total. The lowest BCUT2D eigenvalue weighted by Crippen LogP contribution is -2.40. The molecule has 14 heteroatoms. The summed E-state index contributed by atoms with van der Waals surface area (Å²) in [5, 5.41) is 1.59. The highest BCUT2D eigenvalue weighted by Crippen LogP contribution is 2.38. The number of fused-ring (bicyclic) bond motifs is 3. The van der Waals surface area contributed by atoms with Crippen LogP contribution in [0.15, 0.2) is 18.5 Å². The Bertz CT molecular complexity index is 1210. The number of ether oxygens (including phenoxy) is 4. The molecule has 2 aliphatic heterocycles. The normalized spacial score (nSPS) is 29.1. The van der Waals surface area contributed by atoms with Crippen LogP contribution < -0.4 is 10.8 Å². The lowest BCUT2D eigenvalue weighted by Gasteiger charge is -2.24. The van der Waals surface area contributed by atoms with Gasteiger partial charge in [0, 0.05) is 27.2 Å². The van der Waals surface area contributed by atoms with Gasteiger partial charge in [-0.25, -0.2) is 10.0 Å². The number of esters is 3. The monoisotopic (exact) mass is 488 g/mol. The summed E-state index contributed by atoms with van der Waals surface area (Å²) < 4.78 is 23.6. The molecule has 2 fully saturated rings. The maximum atomic E-state index is 11.9. The van der Waals surface area contributed by atoms with Crippen molar-refractivity contribution in [2.24, 2.45) is 0 Å². The third kappa shape index (κ3) is 4.25. The number of hydrogen-bond donors (Lipinski definition) is 1. The van der Waals surface area contributed by atoms with Crippen LogP contribution in [0.4, 0.5) is 11.8 Å². The Balaban J connectivity index is 1.54. The first-order valence-electron chi connectivity index (χ1n) is 11.0. The van der Waals surface area contributed by atoms with E-state index in [-0.39, 0.29) is 30.5 Å². The Hall–Kier alpha value is -3.78. The number of rotatable bonds is 6. The van der Waals surface area contributed by atoms with Gasteiger partial charge in [0.15, 0.2) is 29.9 Å². The molecule has 0 aromatic carbocycles. The Labute approximate surface area is 198 Å². The van der Waals surface area contributed by atoms with Gasteiger partial charge >= 0.3 is 17.9 Å². The molecule has 0 amide bonds. The summed E-state index contributed by atoms with van der Waals surface area (Å²) in [6.45, 7) is 3.45. The molecule has 3 aliphatic rings. The fourth-order valence-corrected chi connectivity index (χ4v) is 4.45. The van der Waals surface area contributed by atoms with E-state index in [0.717, 1.165) is 6.42 Å². The number of hydroxylamine groups is 1. The zero-order valence-corrected chi connectivity index (χ0v) is 19.2. The quantitative estimate of drug-likeness (QED) is 0.332.